The second kappa shape index (κ2) is 15.3. The van der Waals surface area contributed by atoms with Crippen LogP contribution in [-0.2, 0) is 27.5 Å². The Morgan fingerprint density at radius 1 is 0.872 bits per heavy atom. The summed E-state index contributed by atoms with van der Waals surface area (Å²) in [6, 6.07) is 16.7. The molecular formula is C27H35N5O7. The van der Waals surface area contributed by atoms with Gasteiger partial charge in [-0.3, -0.25) is 19.5 Å². The van der Waals surface area contributed by atoms with Crippen LogP contribution in [0, 0.1) is 0 Å². The van der Waals surface area contributed by atoms with Crippen molar-refractivity contribution in [1.29, 1.82) is 0 Å². The highest BCUT2D eigenvalue weighted by molar-refractivity contribution is 5.88. The summed E-state index contributed by atoms with van der Waals surface area (Å²) in [5, 5.41) is 38.1. The van der Waals surface area contributed by atoms with E-state index in [4.69, 9.17) is 20.4 Å². The fraction of sp³-hybridized carbons (Fsp3) is 0.370. The van der Waals surface area contributed by atoms with Crippen molar-refractivity contribution in [2.24, 2.45) is 0 Å². The van der Waals surface area contributed by atoms with E-state index in [1.807, 2.05) is 29.2 Å². The van der Waals surface area contributed by atoms with Gasteiger partial charge in [0.1, 0.15) is 0 Å². The van der Waals surface area contributed by atoms with Crippen molar-refractivity contribution >= 4 is 17.9 Å². The lowest BCUT2D eigenvalue weighted by molar-refractivity contribution is -0.170. The van der Waals surface area contributed by atoms with Crippen molar-refractivity contribution in [1.82, 2.24) is 24.6 Å². The Bertz CT molecular complexity index is 1150. The first-order valence-electron chi connectivity index (χ1n) is 12.2. The molecule has 12 nitrogen and oxygen atoms in total. The van der Waals surface area contributed by atoms with Crippen LogP contribution in [0.25, 0.3) is 5.69 Å². The number of carboxylic acids is 3. The Morgan fingerprint density at radius 3 is 2.03 bits per heavy atom. The van der Waals surface area contributed by atoms with Crippen LogP contribution in [0.1, 0.15) is 30.5 Å². The van der Waals surface area contributed by atoms with E-state index in [0.29, 0.717) is 0 Å². The zero-order chi connectivity index (χ0) is 28.8. The smallest absolute Gasteiger partial charge is 0.336 e. The lowest BCUT2D eigenvalue weighted by Gasteiger charge is -2.23. The molecule has 3 rings (SSSR count). The lowest BCUT2D eigenvalue weighted by Crippen LogP contribution is -2.42. The first-order valence-corrected chi connectivity index (χ1v) is 12.2. The molecule has 2 heterocycles. The zero-order valence-electron chi connectivity index (χ0n) is 22.1. The maximum absolute atomic E-state index is 10.3. The number of aliphatic hydroxyl groups is 1. The minimum Gasteiger partial charge on any atom is -0.481 e. The van der Waals surface area contributed by atoms with E-state index in [1.54, 1.807) is 6.20 Å². The van der Waals surface area contributed by atoms with Gasteiger partial charge >= 0.3 is 17.9 Å². The molecule has 39 heavy (non-hydrogen) atoms. The third-order valence-electron chi connectivity index (χ3n) is 5.59. The summed E-state index contributed by atoms with van der Waals surface area (Å²) in [7, 11) is 4.24. The predicted octanol–water partition coefficient (Wildman–Crippen LogP) is 1.97. The summed E-state index contributed by atoms with van der Waals surface area (Å²) in [6.45, 7) is 3.94. The number of hydrogen-bond donors (Lipinski definition) is 4. The Hall–Kier alpha value is -4.13. The third kappa shape index (κ3) is 11.4. The van der Waals surface area contributed by atoms with Gasteiger partial charge in [0.15, 0.2) is 5.60 Å². The highest BCUT2D eigenvalue weighted by atomic mass is 16.4. The number of pyridine rings is 1. The molecule has 3 aromatic rings. The molecule has 0 aliphatic heterocycles. The first kappa shape index (κ1) is 31.1. The molecule has 0 atom stereocenters. The van der Waals surface area contributed by atoms with Gasteiger partial charge in [0, 0.05) is 38.2 Å². The Labute approximate surface area is 226 Å². The van der Waals surface area contributed by atoms with E-state index in [-0.39, 0.29) is 0 Å². The van der Waals surface area contributed by atoms with Gasteiger partial charge in [-0.15, -0.1) is 0 Å². The van der Waals surface area contributed by atoms with Crippen LogP contribution in [0.2, 0.25) is 0 Å². The molecule has 0 bridgehead atoms. The Morgan fingerprint density at radius 2 is 1.54 bits per heavy atom. The largest absolute Gasteiger partial charge is 0.481 e. The number of rotatable bonds is 14. The van der Waals surface area contributed by atoms with Gasteiger partial charge in [-0.05, 0) is 63.0 Å². The number of carboxylic acid groups (broad SMARTS) is 3. The van der Waals surface area contributed by atoms with Crippen molar-refractivity contribution in [3.05, 3.63) is 78.4 Å². The lowest BCUT2D eigenvalue weighted by atomic mass is 9.96. The molecule has 0 radical (unpaired) electrons. The molecule has 0 unspecified atom stereocenters. The number of aromatic nitrogens is 3. The molecule has 12 heteroatoms. The molecule has 4 N–H and O–H groups in total. The van der Waals surface area contributed by atoms with Gasteiger partial charge in [-0.2, -0.15) is 5.10 Å². The van der Waals surface area contributed by atoms with E-state index >= 15 is 0 Å². The second-order valence-electron chi connectivity index (χ2n) is 9.28. The summed E-state index contributed by atoms with van der Waals surface area (Å²) in [4.78, 5) is 39.7. The number of aliphatic carboxylic acids is 3. The van der Waals surface area contributed by atoms with Crippen LogP contribution in [0.3, 0.4) is 0 Å². The van der Waals surface area contributed by atoms with E-state index in [2.05, 4.69) is 70.4 Å². The monoisotopic (exact) mass is 541 g/mol. The van der Waals surface area contributed by atoms with Crippen LogP contribution in [0.4, 0.5) is 0 Å². The SMILES string of the molecule is CN(C)CCCN(Cc1ccc(-n2cccn2)cc1)Cc1ccccn1.O=C(O)CC(O)(CC(=O)O)C(=O)O. The molecule has 0 aliphatic rings. The van der Waals surface area contributed by atoms with Crippen LogP contribution in [-0.4, -0.2) is 95.7 Å². The molecule has 2 aromatic heterocycles. The predicted molar refractivity (Wildman–Crippen MR) is 142 cm³/mol. The van der Waals surface area contributed by atoms with Crippen LogP contribution in [0.5, 0.6) is 0 Å². The molecule has 1 aromatic carbocycles. The number of nitrogens with zero attached hydrogens (tertiary/aromatic N) is 5. The van der Waals surface area contributed by atoms with Crippen molar-refractivity contribution in [3.63, 3.8) is 0 Å². The minimum absolute atomic E-state index is 0.870. The van der Waals surface area contributed by atoms with Crippen LogP contribution >= 0.6 is 0 Å². The van der Waals surface area contributed by atoms with Crippen molar-refractivity contribution in [3.8, 4) is 5.69 Å². The van der Waals surface area contributed by atoms with Crippen LogP contribution in [0.15, 0.2) is 67.1 Å². The highest BCUT2D eigenvalue weighted by Gasteiger charge is 2.40. The molecule has 0 amide bonds. The standard InChI is InChI=1S/C21H27N5.C6H8O7/c1-24(2)14-6-15-25(18-20-7-3-4-12-22-20)17-19-8-10-21(11-9-19)26-16-5-13-23-26;7-3(8)1-6(13,5(11)12)2-4(9)10/h3-5,7-13,16H,6,14-15,17-18H2,1-2H3;13H,1-2H2,(H,7,8)(H,9,10)(H,11,12). The molecule has 0 saturated carbocycles. The minimum atomic E-state index is -2.74. The van der Waals surface area contributed by atoms with E-state index < -0.39 is 36.4 Å². The first-order chi connectivity index (χ1) is 18.5. The van der Waals surface area contributed by atoms with Gasteiger partial charge in [-0.25, -0.2) is 9.48 Å². The van der Waals surface area contributed by atoms with Gasteiger partial charge in [0.05, 0.1) is 24.2 Å². The summed E-state index contributed by atoms with van der Waals surface area (Å²) in [5.41, 5.74) is 0.771. The average Bonchev–Trinajstić information content (AvgIpc) is 3.39. The fourth-order valence-corrected chi connectivity index (χ4v) is 3.69. The average molecular weight is 542 g/mol. The maximum atomic E-state index is 10.3. The molecule has 210 valence electrons. The second-order valence-corrected chi connectivity index (χ2v) is 9.28. The zero-order valence-corrected chi connectivity index (χ0v) is 22.1. The fourth-order valence-electron chi connectivity index (χ4n) is 3.69. The number of benzene rings is 1. The quantitative estimate of drug-likeness (QED) is 0.235. The van der Waals surface area contributed by atoms with E-state index in [1.165, 1.54) is 5.56 Å². The highest BCUT2D eigenvalue weighted by Crippen LogP contribution is 2.16. The molecule has 0 spiro atoms. The van der Waals surface area contributed by atoms with Gasteiger partial charge < -0.3 is 25.3 Å². The van der Waals surface area contributed by atoms with Gasteiger partial charge in [0.2, 0.25) is 0 Å². The van der Waals surface area contributed by atoms with E-state index in [0.717, 1.165) is 44.0 Å². The molecule has 0 saturated heterocycles. The third-order valence-corrected chi connectivity index (χ3v) is 5.59. The topological polar surface area (TPSA) is 169 Å². The normalized spacial score (nSPS) is 11.2. The Balaban J connectivity index is 0.000000349. The summed E-state index contributed by atoms with van der Waals surface area (Å²) in [6.07, 6.45) is 4.48. The summed E-state index contributed by atoms with van der Waals surface area (Å²) in [5.74, 6) is -5.02. The van der Waals surface area contributed by atoms with Crippen molar-refractivity contribution in [2.45, 2.75) is 38.0 Å². The van der Waals surface area contributed by atoms with Gasteiger partial charge in [-0.1, -0.05) is 18.2 Å². The molecule has 0 fully saturated rings. The summed E-state index contributed by atoms with van der Waals surface area (Å²) >= 11 is 0. The van der Waals surface area contributed by atoms with Gasteiger partial charge in [0.25, 0.3) is 0 Å². The van der Waals surface area contributed by atoms with Crippen molar-refractivity contribution in [2.75, 3.05) is 27.2 Å². The Kier molecular flexibility index (Phi) is 12.2. The maximum Gasteiger partial charge on any atom is 0.336 e. The number of hydrogen-bond acceptors (Lipinski definition) is 8. The molecular weight excluding hydrogens is 506 g/mol. The molecule has 0 aliphatic carbocycles. The van der Waals surface area contributed by atoms with Crippen LogP contribution < -0.4 is 0 Å². The summed E-state index contributed by atoms with van der Waals surface area (Å²) < 4.78 is 1.88. The number of carbonyl (C=O) groups is 3. The van der Waals surface area contributed by atoms with E-state index in [9.17, 15) is 14.4 Å². The van der Waals surface area contributed by atoms with Crippen molar-refractivity contribution < 1.29 is 34.8 Å².